The average Bonchev–Trinajstić information content (AvgIpc) is 2.02. The molecular formula is C10H17NO2. The minimum Gasteiger partial charge on any atom is -0.363 e. The highest BCUT2D eigenvalue weighted by atomic mass is 16.2. The van der Waals surface area contributed by atoms with Gasteiger partial charge in [0.15, 0.2) is 0 Å². The molecule has 2 N–H and O–H groups in total. The third-order valence-corrected chi connectivity index (χ3v) is 2.95. The predicted molar refractivity (Wildman–Crippen MR) is 49.9 cm³/mol. The van der Waals surface area contributed by atoms with E-state index in [-0.39, 0.29) is 11.7 Å². The number of carbonyl (C=O) groups is 2. The number of Topliss-reactive ketones (excluding diaryl/α,β-unsaturated/α-hetero) is 1. The van der Waals surface area contributed by atoms with E-state index in [1.165, 1.54) is 19.3 Å². The summed E-state index contributed by atoms with van der Waals surface area (Å²) in [6.45, 7) is 1.93. The van der Waals surface area contributed by atoms with Crippen LogP contribution in [0.15, 0.2) is 0 Å². The molecule has 0 aliphatic heterocycles. The van der Waals surface area contributed by atoms with Crippen LogP contribution in [0.1, 0.15) is 39.0 Å². The van der Waals surface area contributed by atoms with Gasteiger partial charge in [-0.3, -0.25) is 9.59 Å². The van der Waals surface area contributed by atoms with Crippen LogP contribution in [0.2, 0.25) is 0 Å². The maximum Gasteiger partial charge on any atom is 0.285 e. The van der Waals surface area contributed by atoms with Gasteiger partial charge in [-0.2, -0.15) is 0 Å². The van der Waals surface area contributed by atoms with Gasteiger partial charge in [-0.1, -0.05) is 26.2 Å². The third-order valence-electron chi connectivity index (χ3n) is 2.95. The molecule has 1 aliphatic rings. The SMILES string of the molecule is CCC(CC1CCC1)C(=O)C(N)=O. The molecule has 1 aliphatic carbocycles. The Bertz CT molecular complexity index is 209. The first-order valence-corrected chi connectivity index (χ1v) is 4.98. The van der Waals surface area contributed by atoms with Crippen LogP contribution in [0.4, 0.5) is 0 Å². The first kappa shape index (κ1) is 10.2. The van der Waals surface area contributed by atoms with Crippen LogP contribution in [0.25, 0.3) is 0 Å². The second-order valence-corrected chi connectivity index (χ2v) is 3.87. The minimum absolute atomic E-state index is 0.122. The highest BCUT2D eigenvalue weighted by molar-refractivity contribution is 6.36. The standard InChI is InChI=1S/C10H17NO2/c1-2-8(9(12)10(11)13)6-7-4-3-5-7/h7-8H,2-6H2,1H3,(H2,11,13). The smallest absolute Gasteiger partial charge is 0.285 e. The number of hydrogen-bond donors (Lipinski definition) is 1. The van der Waals surface area contributed by atoms with Gasteiger partial charge in [0.1, 0.15) is 0 Å². The summed E-state index contributed by atoms with van der Waals surface area (Å²) in [5.74, 6) is -0.614. The summed E-state index contributed by atoms with van der Waals surface area (Å²) in [7, 11) is 0. The summed E-state index contributed by atoms with van der Waals surface area (Å²) in [6, 6.07) is 0. The van der Waals surface area contributed by atoms with Gasteiger partial charge >= 0.3 is 0 Å². The second kappa shape index (κ2) is 4.40. The van der Waals surface area contributed by atoms with Gasteiger partial charge in [0, 0.05) is 5.92 Å². The normalized spacial score (nSPS) is 19.2. The van der Waals surface area contributed by atoms with Crippen molar-refractivity contribution >= 4 is 11.7 Å². The van der Waals surface area contributed by atoms with Crippen LogP contribution in [-0.4, -0.2) is 11.7 Å². The molecule has 0 spiro atoms. The molecule has 74 valence electrons. The van der Waals surface area contributed by atoms with Crippen molar-refractivity contribution in [2.75, 3.05) is 0 Å². The number of rotatable bonds is 5. The van der Waals surface area contributed by atoms with Crippen molar-refractivity contribution in [1.82, 2.24) is 0 Å². The number of hydrogen-bond acceptors (Lipinski definition) is 2. The van der Waals surface area contributed by atoms with Gasteiger partial charge in [0.25, 0.3) is 5.91 Å². The first-order chi connectivity index (χ1) is 6.15. The van der Waals surface area contributed by atoms with E-state index in [4.69, 9.17) is 5.73 Å². The molecule has 0 aromatic carbocycles. The van der Waals surface area contributed by atoms with E-state index in [9.17, 15) is 9.59 Å². The topological polar surface area (TPSA) is 60.2 Å². The molecule has 1 unspecified atom stereocenters. The van der Waals surface area contributed by atoms with Crippen LogP contribution in [-0.2, 0) is 9.59 Å². The van der Waals surface area contributed by atoms with Gasteiger partial charge in [0.2, 0.25) is 5.78 Å². The molecule has 0 aromatic heterocycles. The average molecular weight is 183 g/mol. The van der Waals surface area contributed by atoms with Gasteiger partial charge in [0.05, 0.1) is 0 Å². The fraction of sp³-hybridized carbons (Fsp3) is 0.800. The fourth-order valence-electron chi connectivity index (χ4n) is 1.79. The maximum absolute atomic E-state index is 11.3. The van der Waals surface area contributed by atoms with E-state index in [2.05, 4.69) is 0 Å². The van der Waals surface area contributed by atoms with Crippen molar-refractivity contribution in [3.63, 3.8) is 0 Å². The lowest BCUT2D eigenvalue weighted by Crippen LogP contribution is -2.32. The van der Waals surface area contributed by atoms with Crippen molar-refractivity contribution in [3.8, 4) is 0 Å². The fourth-order valence-corrected chi connectivity index (χ4v) is 1.79. The largest absolute Gasteiger partial charge is 0.363 e. The molecular weight excluding hydrogens is 166 g/mol. The number of carbonyl (C=O) groups excluding carboxylic acids is 2. The van der Waals surface area contributed by atoms with E-state index in [1.807, 2.05) is 6.92 Å². The summed E-state index contributed by atoms with van der Waals surface area (Å²) < 4.78 is 0. The van der Waals surface area contributed by atoms with E-state index < -0.39 is 5.91 Å². The summed E-state index contributed by atoms with van der Waals surface area (Å²) in [5, 5.41) is 0. The number of amides is 1. The summed E-state index contributed by atoms with van der Waals surface area (Å²) >= 11 is 0. The van der Waals surface area contributed by atoms with Gasteiger partial charge < -0.3 is 5.73 Å². The molecule has 0 heterocycles. The molecule has 0 saturated heterocycles. The molecule has 0 aromatic rings. The van der Waals surface area contributed by atoms with Crippen molar-refractivity contribution in [2.45, 2.75) is 39.0 Å². The Labute approximate surface area is 78.7 Å². The highest BCUT2D eigenvalue weighted by Gasteiger charge is 2.27. The number of ketones is 1. The van der Waals surface area contributed by atoms with E-state index in [0.29, 0.717) is 5.92 Å². The van der Waals surface area contributed by atoms with Crippen LogP contribution in [0.3, 0.4) is 0 Å². The monoisotopic (exact) mass is 183 g/mol. The predicted octanol–water partition coefficient (Wildman–Crippen LogP) is 1.26. The lowest BCUT2D eigenvalue weighted by atomic mass is 9.77. The quantitative estimate of drug-likeness (QED) is 0.652. The van der Waals surface area contributed by atoms with Gasteiger partial charge in [-0.25, -0.2) is 0 Å². The second-order valence-electron chi connectivity index (χ2n) is 3.87. The Morgan fingerprint density at radius 2 is 2.08 bits per heavy atom. The Morgan fingerprint density at radius 1 is 1.46 bits per heavy atom. The van der Waals surface area contributed by atoms with E-state index in [0.717, 1.165) is 12.8 Å². The van der Waals surface area contributed by atoms with Crippen LogP contribution in [0, 0.1) is 11.8 Å². The van der Waals surface area contributed by atoms with Crippen molar-refractivity contribution in [3.05, 3.63) is 0 Å². The van der Waals surface area contributed by atoms with Crippen molar-refractivity contribution in [1.29, 1.82) is 0 Å². The summed E-state index contributed by atoms with van der Waals surface area (Å²) in [4.78, 5) is 21.9. The Kier molecular flexibility index (Phi) is 3.46. The van der Waals surface area contributed by atoms with E-state index >= 15 is 0 Å². The lowest BCUT2D eigenvalue weighted by Gasteiger charge is -2.28. The molecule has 13 heavy (non-hydrogen) atoms. The number of nitrogens with two attached hydrogens (primary N) is 1. The molecule has 1 amide bonds. The zero-order valence-electron chi connectivity index (χ0n) is 8.08. The van der Waals surface area contributed by atoms with Gasteiger partial charge in [-0.15, -0.1) is 0 Å². The Morgan fingerprint density at radius 3 is 2.38 bits per heavy atom. The molecule has 1 atom stereocenters. The molecule has 0 radical (unpaired) electrons. The zero-order valence-corrected chi connectivity index (χ0v) is 8.08. The van der Waals surface area contributed by atoms with Crippen LogP contribution < -0.4 is 5.73 Å². The maximum atomic E-state index is 11.3. The highest BCUT2D eigenvalue weighted by Crippen LogP contribution is 2.33. The third kappa shape index (κ3) is 2.54. The molecule has 3 heteroatoms. The molecule has 3 nitrogen and oxygen atoms in total. The molecule has 0 bridgehead atoms. The van der Waals surface area contributed by atoms with Crippen molar-refractivity contribution < 1.29 is 9.59 Å². The Balaban J connectivity index is 2.41. The minimum atomic E-state index is -0.772. The van der Waals surface area contributed by atoms with E-state index in [1.54, 1.807) is 0 Å². The van der Waals surface area contributed by atoms with Gasteiger partial charge in [-0.05, 0) is 18.8 Å². The summed E-state index contributed by atoms with van der Waals surface area (Å²) in [6.07, 6.45) is 5.29. The lowest BCUT2D eigenvalue weighted by molar-refractivity contribution is -0.139. The summed E-state index contributed by atoms with van der Waals surface area (Å²) in [5.41, 5.74) is 4.96. The van der Waals surface area contributed by atoms with Crippen molar-refractivity contribution in [2.24, 2.45) is 17.6 Å². The molecule has 1 rings (SSSR count). The number of primary amides is 1. The molecule has 1 saturated carbocycles. The molecule has 1 fully saturated rings. The zero-order chi connectivity index (χ0) is 9.84. The Hall–Kier alpha value is -0.860. The van der Waals surface area contributed by atoms with Crippen LogP contribution in [0.5, 0.6) is 0 Å². The first-order valence-electron chi connectivity index (χ1n) is 4.98. The van der Waals surface area contributed by atoms with Crippen LogP contribution >= 0.6 is 0 Å².